The molecule has 1 aliphatic heterocycles. The number of para-hydroxylation sites is 2. The summed E-state index contributed by atoms with van der Waals surface area (Å²) in [4.78, 5) is 31.2. The molecule has 0 saturated heterocycles. The van der Waals surface area contributed by atoms with Crippen LogP contribution in [0.5, 0.6) is 5.75 Å². The molecule has 0 radical (unpaired) electrons. The molecule has 0 saturated carbocycles. The number of carbonyl (C=O) groups is 2. The average molecular weight is 321 g/mol. The first-order valence-electron chi connectivity index (χ1n) is 6.31. The summed E-state index contributed by atoms with van der Waals surface area (Å²) in [6, 6.07) is 7.00. The number of aliphatic imine (C=N–C) groups is 2. The largest absolute Gasteiger partial charge is 0.495 e. The predicted molar refractivity (Wildman–Crippen MR) is 85.9 cm³/mol. The fourth-order valence-corrected chi connectivity index (χ4v) is 2.72. The Kier molecular flexibility index (Phi) is 4.99. The van der Waals surface area contributed by atoms with Crippen molar-refractivity contribution in [1.29, 1.82) is 0 Å². The Morgan fingerprint density at radius 2 is 2.18 bits per heavy atom. The highest BCUT2D eigenvalue weighted by atomic mass is 32.2. The molecule has 5 N–H and O–H groups in total. The number of amides is 2. The third-order valence-corrected chi connectivity index (χ3v) is 3.75. The van der Waals surface area contributed by atoms with E-state index >= 15 is 0 Å². The normalized spacial score (nSPS) is 16.9. The maximum atomic E-state index is 12.0. The predicted octanol–water partition coefficient (Wildman–Crippen LogP) is 0.295. The van der Waals surface area contributed by atoms with Crippen molar-refractivity contribution >= 4 is 40.4 Å². The number of benzene rings is 1. The number of nitrogens with two attached hydrogens (primary N) is 2. The van der Waals surface area contributed by atoms with Gasteiger partial charge in [0.1, 0.15) is 11.0 Å². The first kappa shape index (κ1) is 15.8. The number of thioether (sulfide) groups is 1. The SMILES string of the molecule is COc1ccccc1NC(=O)C[C@@H]1SC(N=C(N)N)=NC1=O. The number of nitrogens with one attached hydrogen (secondary N) is 1. The molecule has 1 heterocycles. The number of carbonyl (C=O) groups excluding carboxylic acids is 2. The molecule has 0 aliphatic carbocycles. The van der Waals surface area contributed by atoms with Crippen LogP contribution in [-0.2, 0) is 9.59 Å². The molecule has 0 bridgehead atoms. The number of methoxy groups -OCH3 is 1. The molecule has 2 rings (SSSR count). The lowest BCUT2D eigenvalue weighted by molar-refractivity contribution is -0.121. The van der Waals surface area contributed by atoms with Gasteiger partial charge in [-0.05, 0) is 12.1 Å². The van der Waals surface area contributed by atoms with Gasteiger partial charge in [-0.2, -0.15) is 9.98 Å². The molecule has 0 unspecified atom stereocenters. The highest BCUT2D eigenvalue weighted by Crippen LogP contribution is 2.27. The van der Waals surface area contributed by atoms with E-state index in [1.807, 2.05) is 0 Å². The topological polar surface area (TPSA) is 132 Å². The number of rotatable bonds is 4. The average Bonchev–Trinajstić information content (AvgIpc) is 2.78. The third-order valence-electron chi connectivity index (χ3n) is 2.71. The van der Waals surface area contributed by atoms with Gasteiger partial charge in [-0.15, -0.1) is 0 Å². The number of amidine groups is 1. The van der Waals surface area contributed by atoms with Crippen molar-refractivity contribution < 1.29 is 14.3 Å². The van der Waals surface area contributed by atoms with Crippen LogP contribution in [0, 0.1) is 0 Å². The molecule has 22 heavy (non-hydrogen) atoms. The highest BCUT2D eigenvalue weighted by Gasteiger charge is 2.30. The lowest BCUT2D eigenvalue weighted by Gasteiger charge is -2.11. The Hall–Kier alpha value is -2.55. The van der Waals surface area contributed by atoms with Crippen LogP contribution in [0.4, 0.5) is 5.69 Å². The second-order valence-electron chi connectivity index (χ2n) is 4.33. The Labute approximate surface area is 131 Å². The molecule has 8 nitrogen and oxygen atoms in total. The molecule has 1 aromatic carbocycles. The van der Waals surface area contributed by atoms with Crippen LogP contribution < -0.4 is 21.5 Å². The van der Waals surface area contributed by atoms with E-state index in [1.165, 1.54) is 7.11 Å². The van der Waals surface area contributed by atoms with Gasteiger partial charge >= 0.3 is 0 Å². The standard InChI is InChI=1S/C13H15N5O3S/c1-21-8-5-3-2-4-7(8)16-10(19)6-9-11(20)17-13(22-9)18-12(14)15/h2-5,9H,6H2,1H3,(H,16,19)(H4,14,15,17,18,20)/t9-/m0/s1. The number of ether oxygens (including phenoxy) is 1. The van der Waals surface area contributed by atoms with E-state index in [9.17, 15) is 9.59 Å². The third kappa shape index (κ3) is 3.98. The van der Waals surface area contributed by atoms with Crippen molar-refractivity contribution in [2.24, 2.45) is 21.5 Å². The van der Waals surface area contributed by atoms with E-state index in [4.69, 9.17) is 16.2 Å². The first-order valence-corrected chi connectivity index (χ1v) is 7.19. The van der Waals surface area contributed by atoms with E-state index in [0.717, 1.165) is 11.8 Å². The lowest BCUT2D eigenvalue weighted by atomic mass is 10.2. The Balaban J connectivity index is 1.96. The quantitative estimate of drug-likeness (QED) is 0.539. The summed E-state index contributed by atoms with van der Waals surface area (Å²) in [5, 5.41) is 2.23. The summed E-state index contributed by atoms with van der Waals surface area (Å²) in [5.41, 5.74) is 11.0. The number of hydrogen-bond acceptors (Lipinski definition) is 5. The molecule has 1 atom stereocenters. The summed E-state index contributed by atoms with van der Waals surface area (Å²) in [7, 11) is 1.51. The zero-order valence-electron chi connectivity index (χ0n) is 11.8. The monoisotopic (exact) mass is 321 g/mol. The fraction of sp³-hybridized carbons (Fsp3) is 0.231. The maximum absolute atomic E-state index is 12.0. The molecule has 9 heteroatoms. The molecular weight excluding hydrogens is 306 g/mol. The minimum atomic E-state index is -0.632. The molecule has 2 amide bonds. The van der Waals surface area contributed by atoms with E-state index in [2.05, 4.69) is 15.3 Å². The van der Waals surface area contributed by atoms with Gasteiger partial charge in [-0.3, -0.25) is 9.59 Å². The molecule has 0 fully saturated rings. The molecule has 116 valence electrons. The number of anilines is 1. The summed E-state index contributed by atoms with van der Waals surface area (Å²) < 4.78 is 5.14. The minimum Gasteiger partial charge on any atom is -0.495 e. The molecule has 0 aromatic heterocycles. The van der Waals surface area contributed by atoms with Crippen LogP contribution in [0.1, 0.15) is 6.42 Å². The van der Waals surface area contributed by atoms with Crippen LogP contribution in [0.2, 0.25) is 0 Å². The van der Waals surface area contributed by atoms with E-state index < -0.39 is 11.2 Å². The van der Waals surface area contributed by atoms with Crippen molar-refractivity contribution in [1.82, 2.24) is 0 Å². The minimum absolute atomic E-state index is 0.0332. The van der Waals surface area contributed by atoms with Crippen LogP contribution in [0.3, 0.4) is 0 Å². The van der Waals surface area contributed by atoms with Crippen molar-refractivity contribution in [3.63, 3.8) is 0 Å². The summed E-state index contributed by atoms with van der Waals surface area (Å²) in [6.07, 6.45) is -0.0332. The number of hydrogen-bond donors (Lipinski definition) is 3. The molecule has 0 spiro atoms. The Morgan fingerprint density at radius 3 is 2.86 bits per heavy atom. The molecule has 1 aromatic rings. The van der Waals surface area contributed by atoms with Crippen molar-refractivity contribution in [2.45, 2.75) is 11.7 Å². The van der Waals surface area contributed by atoms with Gasteiger partial charge in [0, 0.05) is 6.42 Å². The molecule has 1 aliphatic rings. The zero-order chi connectivity index (χ0) is 16.1. The second kappa shape index (κ2) is 6.94. The zero-order valence-corrected chi connectivity index (χ0v) is 12.6. The summed E-state index contributed by atoms with van der Waals surface area (Å²) in [5.74, 6) is -0.395. The van der Waals surface area contributed by atoms with Gasteiger partial charge in [-0.1, -0.05) is 23.9 Å². The van der Waals surface area contributed by atoms with Crippen molar-refractivity contribution in [3.05, 3.63) is 24.3 Å². The Bertz CT molecular complexity index is 655. The molecular formula is C13H15N5O3S. The van der Waals surface area contributed by atoms with Crippen LogP contribution in [0.25, 0.3) is 0 Å². The van der Waals surface area contributed by atoms with E-state index in [-0.39, 0.29) is 23.5 Å². The van der Waals surface area contributed by atoms with Crippen molar-refractivity contribution in [2.75, 3.05) is 12.4 Å². The fourth-order valence-electron chi connectivity index (χ4n) is 1.78. The van der Waals surface area contributed by atoms with Crippen LogP contribution in [0.15, 0.2) is 34.3 Å². The first-order chi connectivity index (χ1) is 10.5. The van der Waals surface area contributed by atoms with Gasteiger partial charge < -0.3 is 21.5 Å². The maximum Gasteiger partial charge on any atom is 0.262 e. The van der Waals surface area contributed by atoms with Crippen LogP contribution in [-0.4, -0.2) is 35.3 Å². The summed E-state index contributed by atoms with van der Waals surface area (Å²) >= 11 is 1.06. The highest BCUT2D eigenvalue weighted by molar-refractivity contribution is 8.15. The van der Waals surface area contributed by atoms with Crippen LogP contribution >= 0.6 is 11.8 Å². The number of guanidine groups is 1. The van der Waals surface area contributed by atoms with E-state index in [0.29, 0.717) is 11.4 Å². The second-order valence-corrected chi connectivity index (χ2v) is 5.50. The van der Waals surface area contributed by atoms with E-state index in [1.54, 1.807) is 24.3 Å². The number of nitrogens with zero attached hydrogens (tertiary/aromatic N) is 2. The Morgan fingerprint density at radius 1 is 1.45 bits per heavy atom. The van der Waals surface area contributed by atoms with Gasteiger partial charge in [0.25, 0.3) is 5.91 Å². The van der Waals surface area contributed by atoms with Crippen molar-refractivity contribution in [3.8, 4) is 5.75 Å². The summed E-state index contributed by atoms with van der Waals surface area (Å²) in [6.45, 7) is 0. The smallest absolute Gasteiger partial charge is 0.262 e. The van der Waals surface area contributed by atoms with Gasteiger partial charge in [0.2, 0.25) is 5.91 Å². The van der Waals surface area contributed by atoms with Gasteiger partial charge in [-0.25, -0.2) is 0 Å². The van der Waals surface area contributed by atoms with Gasteiger partial charge in [0.15, 0.2) is 11.1 Å². The van der Waals surface area contributed by atoms with Gasteiger partial charge in [0.05, 0.1) is 12.8 Å². The lowest BCUT2D eigenvalue weighted by Crippen LogP contribution is -2.23.